The van der Waals surface area contributed by atoms with E-state index < -0.39 is 0 Å². The molecule has 0 aromatic heterocycles. The molecule has 2 aromatic carbocycles. The zero-order chi connectivity index (χ0) is 21.4. The summed E-state index contributed by atoms with van der Waals surface area (Å²) >= 11 is 0. The lowest BCUT2D eigenvalue weighted by Crippen LogP contribution is -2.10. The van der Waals surface area contributed by atoms with Crippen LogP contribution in [0.3, 0.4) is 0 Å². The van der Waals surface area contributed by atoms with Crippen LogP contribution < -0.4 is 14.2 Å². The summed E-state index contributed by atoms with van der Waals surface area (Å²) in [5.74, 6) is 2.08. The molecule has 2 rings (SSSR count). The van der Waals surface area contributed by atoms with Crippen LogP contribution in [0, 0.1) is 0 Å². The Morgan fingerprint density at radius 1 is 1.00 bits per heavy atom. The van der Waals surface area contributed by atoms with Crippen LogP contribution in [0.5, 0.6) is 17.2 Å². The monoisotopic (exact) mass is 394 g/mol. The molecule has 0 radical (unpaired) electrons. The number of ether oxygens (including phenoxy) is 3. The smallest absolute Gasteiger partial charge is 0.185 e. The van der Waals surface area contributed by atoms with Crippen LogP contribution in [0.2, 0.25) is 0 Å². The Bertz CT molecular complexity index is 861. The van der Waals surface area contributed by atoms with Crippen LogP contribution >= 0.6 is 0 Å². The van der Waals surface area contributed by atoms with Gasteiger partial charge in [-0.15, -0.1) is 6.58 Å². The summed E-state index contributed by atoms with van der Waals surface area (Å²) in [5.41, 5.74) is 2.45. The Labute approximate surface area is 173 Å². The molecule has 0 aliphatic heterocycles. The van der Waals surface area contributed by atoms with Crippen molar-refractivity contribution in [1.82, 2.24) is 0 Å². The van der Waals surface area contributed by atoms with Gasteiger partial charge in [0.15, 0.2) is 5.78 Å². The van der Waals surface area contributed by atoms with Crippen LogP contribution in [-0.2, 0) is 6.42 Å². The van der Waals surface area contributed by atoms with Gasteiger partial charge < -0.3 is 14.2 Å². The quantitative estimate of drug-likeness (QED) is 0.286. The van der Waals surface area contributed by atoms with Crippen molar-refractivity contribution in [3.8, 4) is 17.2 Å². The van der Waals surface area contributed by atoms with E-state index in [4.69, 9.17) is 14.2 Å². The first-order valence-electron chi connectivity index (χ1n) is 9.81. The Morgan fingerprint density at radius 2 is 1.66 bits per heavy atom. The normalized spacial score (nSPS) is 11.1. The molecule has 0 heterocycles. The fourth-order valence-electron chi connectivity index (χ4n) is 2.87. The number of rotatable bonds is 10. The van der Waals surface area contributed by atoms with Crippen molar-refractivity contribution in [2.45, 2.75) is 46.3 Å². The lowest BCUT2D eigenvalue weighted by Gasteiger charge is -2.19. The maximum atomic E-state index is 12.6. The van der Waals surface area contributed by atoms with Gasteiger partial charge in [0.05, 0.1) is 19.3 Å². The van der Waals surface area contributed by atoms with Gasteiger partial charge in [-0.3, -0.25) is 4.79 Å². The van der Waals surface area contributed by atoms with Crippen molar-refractivity contribution in [2.75, 3.05) is 7.11 Å². The standard InChI is InChI=1S/C25H30O4/c1-7-8-23-20(11-14-24(26)19-9-12-21(27-6)13-10-19)15-22(28-17(2)3)16-25(23)29-18(4)5/h7,9-18H,1,8H2,2-6H3. The highest BCUT2D eigenvalue weighted by Gasteiger charge is 2.13. The SMILES string of the molecule is C=CCc1c(C=CC(=O)c2ccc(OC)cc2)cc(OC(C)C)cc1OC(C)C. The highest BCUT2D eigenvalue weighted by atomic mass is 16.5. The van der Waals surface area contributed by atoms with Crippen LogP contribution in [-0.4, -0.2) is 25.1 Å². The average molecular weight is 395 g/mol. The molecule has 29 heavy (non-hydrogen) atoms. The minimum absolute atomic E-state index is 0.0191. The van der Waals surface area contributed by atoms with Gasteiger partial charge in [-0.05, 0) is 76.1 Å². The van der Waals surface area contributed by atoms with Crippen molar-refractivity contribution in [2.24, 2.45) is 0 Å². The first-order valence-corrected chi connectivity index (χ1v) is 9.81. The van der Waals surface area contributed by atoms with Crippen molar-refractivity contribution >= 4 is 11.9 Å². The van der Waals surface area contributed by atoms with E-state index in [-0.39, 0.29) is 18.0 Å². The predicted octanol–water partition coefficient (Wildman–Crippen LogP) is 5.89. The van der Waals surface area contributed by atoms with Gasteiger partial charge >= 0.3 is 0 Å². The topological polar surface area (TPSA) is 44.8 Å². The Kier molecular flexibility index (Phi) is 8.08. The summed E-state index contributed by atoms with van der Waals surface area (Å²) in [4.78, 5) is 12.6. The summed E-state index contributed by atoms with van der Waals surface area (Å²) in [6, 6.07) is 10.9. The second kappa shape index (κ2) is 10.5. The van der Waals surface area contributed by atoms with Gasteiger partial charge in [0.1, 0.15) is 17.2 Å². The van der Waals surface area contributed by atoms with Crippen molar-refractivity contribution < 1.29 is 19.0 Å². The molecule has 4 heteroatoms. The molecule has 0 fully saturated rings. The Morgan fingerprint density at radius 3 is 2.21 bits per heavy atom. The molecule has 4 nitrogen and oxygen atoms in total. The van der Waals surface area contributed by atoms with Crippen molar-refractivity contribution in [3.05, 3.63) is 71.8 Å². The predicted molar refractivity (Wildman–Crippen MR) is 118 cm³/mol. The maximum Gasteiger partial charge on any atom is 0.185 e. The average Bonchev–Trinajstić information content (AvgIpc) is 2.67. The highest BCUT2D eigenvalue weighted by Crippen LogP contribution is 2.32. The third-order valence-electron chi connectivity index (χ3n) is 4.09. The first-order chi connectivity index (χ1) is 13.8. The van der Waals surface area contributed by atoms with Crippen LogP contribution in [0.15, 0.2) is 55.1 Å². The first kappa shape index (κ1) is 22.3. The number of hydrogen-bond donors (Lipinski definition) is 0. The van der Waals surface area contributed by atoms with Gasteiger partial charge in [-0.2, -0.15) is 0 Å². The summed E-state index contributed by atoms with van der Waals surface area (Å²) in [6.07, 6.45) is 5.89. The lowest BCUT2D eigenvalue weighted by atomic mass is 10.0. The molecule has 0 aliphatic rings. The van der Waals surface area contributed by atoms with Gasteiger partial charge in [-0.25, -0.2) is 0 Å². The molecule has 0 saturated carbocycles. The van der Waals surface area contributed by atoms with Gasteiger partial charge in [-0.1, -0.05) is 12.2 Å². The van der Waals surface area contributed by atoms with Crippen LogP contribution in [0.1, 0.15) is 49.2 Å². The summed E-state index contributed by atoms with van der Waals surface area (Å²) in [6.45, 7) is 11.8. The van der Waals surface area contributed by atoms with E-state index in [0.29, 0.717) is 23.5 Å². The third-order valence-corrected chi connectivity index (χ3v) is 4.09. The third kappa shape index (κ3) is 6.53. The van der Waals surface area contributed by atoms with Crippen molar-refractivity contribution in [1.29, 1.82) is 0 Å². The molecule has 0 unspecified atom stereocenters. The Hall–Kier alpha value is -3.01. The van der Waals surface area contributed by atoms with E-state index in [1.54, 1.807) is 37.5 Å². The lowest BCUT2D eigenvalue weighted by molar-refractivity contribution is 0.104. The number of ketones is 1. The summed E-state index contributed by atoms with van der Waals surface area (Å²) in [5, 5.41) is 0. The van der Waals surface area contributed by atoms with Gasteiger partial charge in [0, 0.05) is 17.2 Å². The second-order valence-corrected chi connectivity index (χ2v) is 7.24. The number of hydrogen-bond acceptors (Lipinski definition) is 4. The molecule has 0 spiro atoms. The molecule has 2 aromatic rings. The molecule has 154 valence electrons. The van der Waals surface area contributed by atoms with E-state index >= 15 is 0 Å². The molecule has 0 amide bonds. The highest BCUT2D eigenvalue weighted by molar-refractivity contribution is 6.07. The summed E-state index contributed by atoms with van der Waals surface area (Å²) in [7, 11) is 1.60. The van der Waals surface area contributed by atoms with Crippen LogP contribution in [0.25, 0.3) is 6.08 Å². The second-order valence-electron chi connectivity index (χ2n) is 7.24. The van der Waals surface area contributed by atoms with E-state index in [1.165, 1.54) is 0 Å². The minimum atomic E-state index is -0.0845. The van der Waals surface area contributed by atoms with E-state index in [1.807, 2.05) is 52.0 Å². The molecule has 0 N–H and O–H groups in total. The maximum absolute atomic E-state index is 12.6. The van der Waals surface area contributed by atoms with E-state index in [9.17, 15) is 4.79 Å². The number of benzene rings is 2. The largest absolute Gasteiger partial charge is 0.497 e. The number of carbonyl (C=O) groups is 1. The Balaban J connectivity index is 2.42. The molecular formula is C25H30O4. The molecular weight excluding hydrogens is 364 g/mol. The van der Waals surface area contributed by atoms with Crippen LogP contribution in [0.4, 0.5) is 0 Å². The fraction of sp³-hybridized carbons (Fsp3) is 0.320. The fourth-order valence-corrected chi connectivity index (χ4v) is 2.87. The molecule has 0 bridgehead atoms. The van der Waals surface area contributed by atoms with Gasteiger partial charge in [0.2, 0.25) is 0 Å². The van der Waals surface area contributed by atoms with E-state index in [2.05, 4.69) is 6.58 Å². The molecule has 0 saturated heterocycles. The van der Waals surface area contributed by atoms with Gasteiger partial charge in [0.25, 0.3) is 0 Å². The number of allylic oxidation sites excluding steroid dienone is 2. The van der Waals surface area contributed by atoms with Crippen molar-refractivity contribution in [3.63, 3.8) is 0 Å². The number of methoxy groups -OCH3 is 1. The number of carbonyl (C=O) groups excluding carboxylic acids is 1. The zero-order valence-electron chi connectivity index (χ0n) is 17.9. The van der Waals surface area contributed by atoms with E-state index in [0.717, 1.165) is 16.9 Å². The molecule has 0 atom stereocenters. The molecule has 0 aliphatic carbocycles. The summed E-state index contributed by atoms with van der Waals surface area (Å²) < 4.78 is 17.0. The zero-order valence-corrected chi connectivity index (χ0v) is 17.9. The minimum Gasteiger partial charge on any atom is -0.497 e.